The van der Waals surface area contributed by atoms with Crippen LogP contribution in [0.2, 0.25) is 0 Å². The molecule has 1 spiro atoms. The Hall–Kier alpha value is -7.94. The maximum atomic E-state index is 2.52. The van der Waals surface area contributed by atoms with Crippen molar-refractivity contribution in [3.8, 4) is 39.1 Å². The van der Waals surface area contributed by atoms with Gasteiger partial charge in [-0.2, -0.15) is 0 Å². The van der Waals surface area contributed by atoms with Crippen LogP contribution in [-0.4, -0.2) is 4.57 Å². The van der Waals surface area contributed by atoms with E-state index in [1.807, 2.05) is 0 Å². The first-order valence-electron chi connectivity index (χ1n) is 21.2. The molecule has 1 aromatic heterocycles. The third-order valence-electron chi connectivity index (χ3n) is 13.4. The Kier molecular flexibility index (Phi) is 7.26. The van der Waals surface area contributed by atoms with Gasteiger partial charge in [-0.1, -0.05) is 182 Å². The number of nitrogens with zero attached hydrogens (tertiary/aromatic N) is 2. The number of rotatable bonds is 5. The highest BCUT2D eigenvalue weighted by molar-refractivity contribution is 6.11. The van der Waals surface area contributed by atoms with Crippen LogP contribution in [0.3, 0.4) is 0 Å². The van der Waals surface area contributed by atoms with Gasteiger partial charge in [-0.15, -0.1) is 0 Å². The summed E-state index contributed by atoms with van der Waals surface area (Å²) in [6.45, 7) is 0. The third kappa shape index (κ3) is 4.73. The van der Waals surface area contributed by atoms with Gasteiger partial charge in [0.15, 0.2) is 0 Å². The van der Waals surface area contributed by atoms with E-state index >= 15 is 0 Å². The van der Waals surface area contributed by atoms with E-state index in [0.717, 1.165) is 22.7 Å². The minimum atomic E-state index is -0.527. The van der Waals surface area contributed by atoms with Gasteiger partial charge in [0, 0.05) is 33.4 Å². The van der Waals surface area contributed by atoms with Crippen molar-refractivity contribution in [3.63, 3.8) is 0 Å². The first-order valence-corrected chi connectivity index (χ1v) is 21.2. The van der Waals surface area contributed by atoms with Gasteiger partial charge in [-0.05, 0) is 109 Å². The molecule has 2 nitrogen and oxygen atoms in total. The van der Waals surface area contributed by atoms with E-state index in [4.69, 9.17) is 0 Å². The fourth-order valence-corrected chi connectivity index (χ4v) is 11.0. The Labute approximate surface area is 354 Å². The van der Waals surface area contributed by atoms with Crippen LogP contribution >= 0.6 is 0 Å². The van der Waals surface area contributed by atoms with Gasteiger partial charge >= 0.3 is 0 Å². The number of hydrogen-bond donors (Lipinski definition) is 0. The fraction of sp³-hybridized carbons (Fsp3) is 0.0169. The molecule has 0 N–H and O–H groups in total. The van der Waals surface area contributed by atoms with Crippen LogP contribution in [-0.2, 0) is 5.41 Å². The zero-order valence-corrected chi connectivity index (χ0v) is 33.3. The van der Waals surface area contributed by atoms with Crippen LogP contribution in [0.1, 0.15) is 22.3 Å². The topological polar surface area (TPSA) is 8.17 Å². The Balaban J connectivity index is 1.14. The molecular weight excluding hydrogens is 737 g/mol. The van der Waals surface area contributed by atoms with E-state index in [1.165, 1.54) is 88.2 Å². The lowest BCUT2D eigenvalue weighted by Crippen LogP contribution is -2.32. The molecule has 13 rings (SSSR count). The van der Waals surface area contributed by atoms with Gasteiger partial charge in [0.2, 0.25) is 0 Å². The average Bonchev–Trinajstić information content (AvgIpc) is 3.82. The van der Waals surface area contributed by atoms with Crippen molar-refractivity contribution >= 4 is 49.6 Å². The monoisotopic (exact) mass is 774 g/mol. The van der Waals surface area contributed by atoms with Crippen molar-refractivity contribution in [2.24, 2.45) is 0 Å². The molecular formula is C59H38N2. The summed E-state index contributed by atoms with van der Waals surface area (Å²) in [5.74, 6) is 0. The van der Waals surface area contributed by atoms with Crippen LogP contribution in [0.5, 0.6) is 0 Å². The average molecular weight is 775 g/mol. The van der Waals surface area contributed by atoms with Gasteiger partial charge in [0.05, 0.1) is 22.1 Å². The lowest BCUT2D eigenvalue weighted by atomic mass is 9.61. The van der Waals surface area contributed by atoms with Crippen LogP contribution < -0.4 is 4.90 Å². The number of aromatic nitrogens is 1. The number of para-hydroxylation sites is 3. The van der Waals surface area contributed by atoms with E-state index in [0.29, 0.717) is 0 Å². The summed E-state index contributed by atoms with van der Waals surface area (Å²) in [6, 6.07) is 85.5. The SMILES string of the molecule is c1ccc(-c2ccccc2N(c2ccc3c(c2)C2(c4ccccc4-c4ccccc42)c2cccc4cccc-3c24)c2ccc3c4ccccc4n(-c4ccccc4)c3c2)cc1. The number of benzene rings is 10. The molecule has 0 radical (unpaired) electrons. The second kappa shape index (κ2) is 13.0. The predicted molar refractivity (Wildman–Crippen MR) is 255 cm³/mol. The van der Waals surface area contributed by atoms with Gasteiger partial charge in [-0.25, -0.2) is 0 Å². The van der Waals surface area contributed by atoms with E-state index < -0.39 is 5.41 Å². The molecule has 2 heteroatoms. The number of hydrogen-bond acceptors (Lipinski definition) is 1. The van der Waals surface area contributed by atoms with Gasteiger partial charge in [-0.3, -0.25) is 0 Å². The summed E-state index contributed by atoms with van der Waals surface area (Å²) in [5, 5.41) is 5.08. The molecule has 2 aliphatic carbocycles. The molecule has 0 atom stereocenters. The van der Waals surface area contributed by atoms with Crippen molar-refractivity contribution in [3.05, 3.63) is 253 Å². The van der Waals surface area contributed by atoms with Gasteiger partial charge < -0.3 is 9.47 Å². The molecule has 284 valence electrons. The fourth-order valence-electron chi connectivity index (χ4n) is 11.0. The van der Waals surface area contributed by atoms with Crippen LogP contribution in [0.4, 0.5) is 17.1 Å². The van der Waals surface area contributed by atoms with E-state index in [2.05, 4.69) is 240 Å². The smallest absolute Gasteiger partial charge is 0.0726 e. The minimum Gasteiger partial charge on any atom is -0.310 e. The summed E-state index contributed by atoms with van der Waals surface area (Å²) in [4.78, 5) is 2.50. The zero-order valence-electron chi connectivity index (χ0n) is 33.3. The lowest BCUT2D eigenvalue weighted by Gasteiger charge is -2.41. The van der Waals surface area contributed by atoms with E-state index in [9.17, 15) is 0 Å². The third-order valence-corrected chi connectivity index (χ3v) is 13.4. The molecule has 0 aliphatic heterocycles. The first-order chi connectivity index (χ1) is 30.3. The Morgan fingerprint density at radius 2 is 0.902 bits per heavy atom. The quantitative estimate of drug-likeness (QED) is 0.169. The second-order valence-corrected chi connectivity index (χ2v) is 16.4. The standard InChI is InChI=1S/C59H38N2/c1-3-17-39(18-4-1)44-23-9-13-31-55(44)60(43-34-36-49-48-26-10-14-32-56(48)61(57(49)38-43)41-21-5-2-6-22-41)42-33-35-47-50-27-15-19-40-20-16-30-53(58(40)50)59(54(47)37-42)51-28-11-7-24-45(51)46-25-8-12-29-52(46)59/h1-38H. The summed E-state index contributed by atoms with van der Waals surface area (Å²) < 4.78 is 2.42. The molecule has 11 aromatic rings. The van der Waals surface area contributed by atoms with Gasteiger partial charge in [0.1, 0.15) is 0 Å². The minimum absolute atomic E-state index is 0.527. The van der Waals surface area contributed by atoms with Crippen LogP contribution in [0.15, 0.2) is 231 Å². The molecule has 61 heavy (non-hydrogen) atoms. The molecule has 2 aliphatic rings. The Morgan fingerprint density at radius 1 is 0.344 bits per heavy atom. The van der Waals surface area contributed by atoms with Crippen LogP contribution in [0.25, 0.3) is 71.6 Å². The largest absolute Gasteiger partial charge is 0.310 e. The number of fused-ring (bicyclic) bond motifs is 12. The predicted octanol–water partition coefficient (Wildman–Crippen LogP) is 15.4. The highest BCUT2D eigenvalue weighted by atomic mass is 15.1. The first kappa shape index (κ1) is 34.0. The summed E-state index contributed by atoms with van der Waals surface area (Å²) in [6.07, 6.45) is 0. The zero-order chi connectivity index (χ0) is 40.1. The Bertz CT molecular complexity index is 3490. The molecule has 10 aromatic carbocycles. The van der Waals surface area contributed by atoms with Crippen molar-refractivity contribution in [1.29, 1.82) is 0 Å². The molecule has 0 saturated carbocycles. The highest BCUT2D eigenvalue weighted by Gasteiger charge is 2.50. The number of anilines is 3. The molecule has 1 heterocycles. The molecule has 0 fully saturated rings. The Morgan fingerprint density at radius 3 is 1.69 bits per heavy atom. The molecule has 0 bridgehead atoms. The molecule has 0 unspecified atom stereocenters. The summed E-state index contributed by atoms with van der Waals surface area (Å²) in [7, 11) is 0. The summed E-state index contributed by atoms with van der Waals surface area (Å²) in [5.41, 5.74) is 19.1. The highest BCUT2D eigenvalue weighted by Crippen LogP contribution is 2.62. The van der Waals surface area contributed by atoms with Crippen molar-refractivity contribution in [1.82, 2.24) is 4.57 Å². The van der Waals surface area contributed by atoms with E-state index in [1.54, 1.807) is 0 Å². The van der Waals surface area contributed by atoms with Gasteiger partial charge in [0.25, 0.3) is 0 Å². The van der Waals surface area contributed by atoms with Crippen molar-refractivity contribution in [2.45, 2.75) is 5.41 Å². The maximum absolute atomic E-state index is 2.52. The van der Waals surface area contributed by atoms with E-state index in [-0.39, 0.29) is 0 Å². The maximum Gasteiger partial charge on any atom is 0.0726 e. The second-order valence-electron chi connectivity index (χ2n) is 16.4. The van der Waals surface area contributed by atoms with Crippen molar-refractivity contribution in [2.75, 3.05) is 4.90 Å². The van der Waals surface area contributed by atoms with Crippen molar-refractivity contribution < 1.29 is 0 Å². The normalized spacial score (nSPS) is 13.0. The molecule has 0 amide bonds. The lowest BCUT2D eigenvalue weighted by molar-refractivity contribution is 0.773. The van der Waals surface area contributed by atoms with Crippen LogP contribution in [0, 0.1) is 0 Å². The summed E-state index contributed by atoms with van der Waals surface area (Å²) >= 11 is 0. The molecule has 0 saturated heterocycles.